The van der Waals surface area contributed by atoms with Gasteiger partial charge in [-0.1, -0.05) is 51.4 Å². The zero-order chi connectivity index (χ0) is 39.6. The predicted molar refractivity (Wildman–Crippen MR) is 231 cm³/mol. The largest absolute Gasteiger partial charge is 0.480 e. The van der Waals surface area contributed by atoms with Crippen LogP contribution in [-0.2, 0) is 30.4 Å². The van der Waals surface area contributed by atoms with Crippen molar-refractivity contribution in [2.45, 2.75) is 116 Å². The van der Waals surface area contributed by atoms with Crippen molar-refractivity contribution in [1.82, 2.24) is 0 Å². The van der Waals surface area contributed by atoms with Crippen LogP contribution in [0.5, 0.6) is 11.5 Å². The SMILES string of the molecule is CC1(C)Oc2c(sc3c4c(sc23)-c2sc(N=C3C(=O)C5CC6CCCCC6CC5C3=O)cc2C(C)(C)O4)-c2sc(N=C3C(=O)C4CC5CCCCC5CC4C3=O)cc21. The van der Waals surface area contributed by atoms with E-state index in [0.29, 0.717) is 33.7 Å². The summed E-state index contributed by atoms with van der Waals surface area (Å²) < 4.78 is 15.8. The molecule has 0 bridgehead atoms. The van der Waals surface area contributed by atoms with Crippen LogP contribution in [0.25, 0.3) is 28.9 Å². The Labute approximate surface area is 353 Å². The van der Waals surface area contributed by atoms with Crippen LogP contribution in [0.1, 0.15) is 116 Å². The average molecular weight is 851 g/mol. The van der Waals surface area contributed by atoms with Gasteiger partial charge in [-0.25, -0.2) is 9.98 Å². The van der Waals surface area contributed by atoms with Gasteiger partial charge in [0.1, 0.15) is 21.2 Å². The molecule has 0 spiro atoms. The number of rotatable bonds is 2. The van der Waals surface area contributed by atoms with Gasteiger partial charge >= 0.3 is 0 Å². The van der Waals surface area contributed by atoms with Gasteiger partial charge in [0.25, 0.3) is 0 Å². The standard InChI is InChI=1S/C46H46N2O6S4/c1-45(2)27-17-29(47-31-33(49)23-13-19-9-5-6-10-20(19)14-24(23)34(31)50)55-39(27)41-37(53-45)43-44(57-41)38-42(58-43)40-28(46(3,4)54-38)18-30(56-40)48-32-35(51)25-15-21-11-7-8-12-22(21)16-26(25)36(32)52/h17-26H,5-16H2,1-4H3. The number of hydrogen-bond acceptors (Lipinski definition) is 12. The van der Waals surface area contributed by atoms with Crippen molar-refractivity contribution < 1.29 is 28.7 Å². The van der Waals surface area contributed by atoms with Crippen molar-refractivity contribution in [3.05, 3.63) is 23.3 Å². The maximum Gasteiger partial charge on any atom is 0.188 e. The molecule has 0 amide bonds. The first-order chi connectivity index (χ1) is 27.8. The molecule has 6 saturated carbocycles. The monoisotopic (exact) mass is 850 g/mol. The molecule has 0 saturated heterocycles. The topological polar surface area (TPSA) is 111 Å². The Balaban J connectivity index is 0.883. The lowest BCUT2D eigenvalue weighted by molar-refractivity contribution is -0.123. The Morgan fingerprint density at radius 3 is 1.16 bits per heavy atom. The molecule has 2 aliphatic heterocycles. The van der Waals surface area contributed by atoms with E-state index < -0.39 is 11.2 Å². The Kier molecular flexibility index (Phi) is 7.94. The van der Waals surface area contributed by atoms with E-state index in [4.69, 9.17) is 19.5 Å². The molecule has 8 unspecified atom stereocenters. The number of aliphatic imine (C=N–C) groups is 2. The van der Waals surface area contributed by atoms with Crippen LogP contribution in [0.4, 0.5) is 10.0 Å². The molecule has 4 aromatic rings. The van der Waals surface area contributed by atoms with Gasteiger partial charge in [-0.3, -0.25) is 19.2 Å². The molecule has 300 valence electrons. The lowest BCUT2D eigenvalue weighted by Crippen LogP contribution is -2.35. The number of carbonyl (C=O) groups excluding carboxylic acids is 4. The maximum atomic E-state index is 13.8. The molecule has 12 rings (SSSR count). The third-order valence-electron chi connectivity index (χ3n) is 15.4. The van der Waals surface area contributed by atoms with Gasteiger partial charge in [0.2, 0.25) is 0 Å². The van der Waals surface area contributed by atoms with Gasteiger partial charge in [-0.2, -0.15) is 0 Å². The minimum atomic E-state index is -0.671. The van der Waals surface area contributed by atoms with Gasteiger partial charge < -0.3 is 9.47 Å². The molecule has 4 aromatic heterocycles. The highest BCUT2D eigenvalue weighted by Gasteiger charge is 2.54. The third kappa shape index (κ3) is 5.19. The van der Waals surface area contributed by atoms with Crippen molar-refractivity contribution in [1.29, 1.82) is 0 Å². The maximum absolute atomic E-state index is 13.8. The fourth-order valence-corrected chi connectivity index (χ4v) is 17.7. The molecule has 6 fully saturated rings. The molecular formula is C46H46N2O6S4. The molecule has 8 atom stereocenters. The zero-order valence-corrected chi connectivity index (χ0v) is 36.5. The summed E-state index contributed by atoms with van der Waals surface area (Å²) in [6.07, 6.45) is 13.0. The third-order valence-corrected chi connectivity index (χ3v) is 20.2. The Bertz CT molecular complexity index is 2350. The van der Waals surface area contributed by atoms with E-state index in [1.54, 1.807) is 22.7 Å². The number of nitrogens with zero attached hydrogens (tertiary/aromatic N) is 2. The molecule has 0 radical (unpaired) electrons. The number of fused-ring (bicyclic) bond motifs is 13. The van der Waals surface area contributed by atoms with Gasteiger partial charge in [0, 0.05) is 34.8 Å². The fraction of sp³-hybridized carbons (Fsp3) is 0.565. The van der Waals surface area contributed by atoms with Crippen molar-refractivity contribution in [2.24, 2.45) is 57.3 Å². The molecule has 8 nitrogen and oxygen atoms in total. The first-order valence-corrected chi connectivity index (χ1v) is 24.7. The second-order valence-corrected chi connectivity index (χ2v) is 23.5. The summed E-state index contributed by atoms with van der Waals surface area (Å²) in [6, 6.07) is 4.04. The smallest absolute Gasteiger partial charge is 0.188 e. The number of thiophene rings is 4. The van der Waals surface area contributed by atoms with E-state index in [9.17, 15) is 19.2 Å². The highest BCUT2D eigenvalue weighted by molar-refractivity contribution is 7.35. The fourth-order valence-electron chi connectivity index (χ4n) is 12.4. The molecule has 12 heteroatoms. The van der Waals surface area contributed by atoms with Crippen LogP contribution in [0.2, 0.25) is 0 Å². The summed E-state index contributed by atoms with van der Waals surface area (Å²) in [5.41, 5.74) is 0.975. The number of carbonyl (C=O) groups is 4. The van der Waals surface area contributed by atoms with Crippen molar-refractivity contribution in [3.63, 3.8) is 0 Å². The lowest BCUT2D eigenvalue weighted by atomic mass is 9.64. The molecule has 0 N–H and O–H groups in total. The van der Waals surface area contributed by atoms with Crippen LogP contribution in [-0.4, -0.2) is 34.6 Å². The summed E-state index contributed by atoms with van der Waals surface area (Å²) in [5.74, 6) is 2.86. The summed E-state index contributed by atoms with van der Waals surface area (Å²) in [6.45, 7) is 8.26. The van der Waals surface area contributed by atoms with Gasteiger partial charge in [0.05, 0.1) is 28.9 Å². The summed E-state index contributed by atoms with van der Waals surface area (Å²) in [4.78, 5) is 68.9. The highest BCUT2D eigenvalue weighted by Crippen LogP contribution is 2.65. The lowest BCUT2D eigenvalue weighted by Gasteiger charge is -2.39. The Hall–Kier alpha value is -3.32. The molecular weight excluding hydrogens is 805 g/mol. The minimum absolute atomic E-state index is 0.0518. The van der Waals surface area contributed by atoms with E-state index >= 15 is 0 Å². The molecule has 58 heavy (non-hydrogen) atoms. The summed E-state index contributed by atoms with van der Waals surface area (Å²) in [7, 11) is 0. The van der Waals surface area contributed by atoms with E-state index in [-0.39, 0.29) is 58.2 Å². The van der Waals surface area contributed by atoms with Crippen molar-refractivity contribution in [3.8, 4) is 31.0 Å². The van der Waals surface area contributed by atoms with Crippen LogP contribution >= 0.6 is 45.3 Å². The van der Waals surface area contributed by atoms with Crippen LogP contribution < -0.4 is 9.47 Å². The predicted octanol–water partition coefficient (Wildman–Crippen LogP) is 11.8. The van der Waals surface area contributed by atoms with E-state index in [2.05, 4.69) is 27.7 Å². The van der Waals surface area contributed by atoms with Gasteiger partial charge in [-0.15, -0.1) is 45.3 Å². The quantitative estimate of drug-likeness (QED) is 0.199. The van der Waals surface area contributed by atoms with E-state index in [1.165, 1.54) is 74.0 Å². The first kappa shape index (κ1) is 36.5. The second-order valence-electron chi connectivity index (χ2n) is 19.4. The van der Waals surface area contributed by atoms with E-state index in [1.807, 2.05) is 12.1 Å². The number of Topliss-reactive ketones (excluding diaryl/α,β-unsaturated/α-hetero) is 4. The number of hydrogen-bond donors (Lipinski definition) is 0. The van der Waals surface area contributed by atoms with Gasteiger partial charge in [0.15, 0.2) is 46.1 Å². The first-order valence-electron chi connectivity index (χ1n) is 21.5. The van der Waals surface area contributed by atoms with Crippen LogP contribution in [0.3, 0.4) is 0 Å². The summed E-state index contributed by atoms with van der Waals surface area (Å²) in [5, 5.41) is 1.35. The number of ether oxygens (including phenoxy) is 2. The zero-order valence-electron chi connectivity index (χ0n) is 33.2. The average Bonchev–Trinajstić information content (AvgIpc) is 4.04. The number of ketones is 4. The molecule has 6 heterocycles. The molecule has 8 aliphatic rings. The molecule has 0 aromatic carbocycles. The minimum Gasteiger partial charge on any atom is -0.480 e. The highest BCUT2D eigenvalue weighted by atomic mass is 32.1. The Morgan fingerprint density at radius 2 is 0.828 bits per heavy atom. The van der Waals surface area contributed by atoms with E-state index in [0.717, 1.165) is 77.2 Å². The van der Waals surface area contributed by atoms with Crippen LogP contribution in [0.15, 0.2) is 22.1 Å². The van der Waals surface area contributed by atoms with Crippen LogP contribution in [0, 0.1) is 47.3 Å². The Morgan fingerprint density at radius 1 is 0.500 bits per heavy atom. The van der Waals surface area contributed by atoms with Crippen molar-refractivity contribution >= 4 is 99.3 Å². The van der Waals surface area contributed by atoms with Gasteiger partial charge in [-0.05, 0) is 89.2 Å². The normalized spacial score (nSPS) is 32.6. The molecule has 6 aliphatic carbocycles. The summed E-state index contributed by atoms with van der Waals surface area (Å²) >= 11 is 6.38. The van der Waals surface area contributed by atoms with Crippen molar-refractivity contribution in [2.75, 3.05) is 0 Å². The second kappa shape index (κ2) is 12.6.